The summed E-state index contributed by atoms with van der Waals surface area (Å²) >= 11 is 0. The molecule has 0 aliphatic carbocycles. The molecular weight excluding hydrogens is 536 g/mol. The quantitative estimate of drug-likeness (QED) is 0.144. The van der Waals surface area contributed by atoms with E-state index in [1.807, 2.05) is 54.6 Å². The molecule has 1 aromatic heterocycles. The van der Waals surface area contributed by atoms with Gasteiger partial charge < -0.3 is 9.84 Å². The van der Waals surface area contributed by atoms with Gasteiger partial charge in [-0.3, -0.25) is 5.10 Å². The van der Waals surface area contributed by atoms with Crippen molar-refractivity contribution in [3.63, 3.8) is 0 Å². The standard InChI is InChI=1S/C33H28N2O5S/c1-3-28(24-7-6-8-27(20-24)40-30-9-4-5-10-31(30)41(2,38)39)33(25-16-17-29-26(19-25)21-34-35-29)23-14-11-22(12-15-23)13-18-32(36)37/h4-21H,3H2,1-2H3,(H,34,35)(H,36,37). The van der Waals surface area contributed by atoms with Gasteiger partial charge in [0.2, 0.25) is 0 Å². The van der Waals surface area contributed by atoms with Gasteiger partial charge in [0, 0.05) is 17.7 Å². The first kappa shape index (κ1) is 27.6. The number of rotatable bonds is 9. The number of nitrogens with one attached hydrogen (secondary N) is 1. The van der Waals surface area contributed by atoms with Crippen LogP contribution in [0, 0.1) is 0 Å². The molecule has 7 nitrogen and oxygen atoms in total. The van der Waals surface area contributed by atoms with Gasteiger partial charge in [-0.1, -0.05) is 61.5 Å². The minimum absolute atomic E-state index is 0.128. The molecule has 0 spiro atoms. The van der Waals surface area contributed by atoms with Crippen LogP contribution in [0.25, 0.3) is 28.1 Å². The van der Waals surface area contributed by atoms with Gasteiger partial charge in [0.15, 0.2) is 9.84 Å². The number of carbonyl (C=O) groups is 1. The molecule has 0 bridgehead atoms. The number of hydrogen-bond donors (Lipinski definition) is 2. The number of allylic oxidation sites excluding steroid dienone is 1. The van der Waals surface area contributed by atoms with E-state index >= 15 is 0 Å². The molecule has 0 unspecified atom stereocenters. The number of para-hydroxylation sites is 1. The lowest BCUT2D eigenvalue weighted by Crippen LogP contribution is -2.00. The lowest BCUT2D eigenvalue weighted by atomic mass is 9.87. The fourth-order valence-electron chi connectivity index (χ4n) is 4.78. The molecule has 0 saturated carbocycles. The molecule has 0 aliphatic heterocycles. The largest absolute Gasteiger partial charge is 0.478 e. The highest BCUT2D eigenvalue weighted by molar-refractivity contribution is 7.90. The number of hydrogen-bond acceptors (Lipinski definition) is 5. The van der Waals surface area contributed by atoms with Crippen molar-refractivity contribution >= 4 is 43.9 Å². The second-order valence-electron chi connectivity index (χ2n) is 9.52. The maximum atomic E-state index is 12.3. The van der Waals surface area contributed by atoms with Gasteiger partial charge in [-0.15, -0.1) is 0 Å². The van der Waals surface area contributed by atoms with E-state index in [1.165, 1.54) is 6.07 Å². The van der Waals surface area contributed by atoms with Gasteiger partial charge >= 0.3 is 5.97 Å². The summed E-state index contributed by atoms with van der Waals surface area (Å²) in [5.74, 6) is -0.217. The molecule has 1 heterocycles. The van der Waals surface area contributed by atoms with Crippen LogP contribution in [0.3, 0.4) is 0 Å². The van der Waals surface area contributed by atoms with Crippen LogP contribution in [-0.2, 0) is 14.6 Å². The SMILES string of the molecule is CCC(=C(c1ccc(C=CC(=O)O)cc1)c1ccc2[nH]ncc2c1)c1cccc(Oc2ccccc2S(C)(=O)=O)c1. The third-order valence-electron chi connectivity index (χ3n) is 6.66. The lowest BCUT2D eigenvalue weighted by Gasteiger charge is -2.18. The van der Waals surface area contributed by atoms with E-state index in [0.29, 0.717) is 12.2 Å². The number of aliphatic carboxylic acids is 1. The van der Waals surface area contributed by atoms with Gasteiger partial charge in [-0.2, -0.15) is 5.10 Å². The Morgan fingerprint density at radius 3 is 2.41 bits per heavy atom. The van der Waals surface area contributed by atoms with Crippen LogP contribution in [0.4, 0.5) is 0 Å². The van der Waals surface area contributed by atoms with Crippen LogP contribution >= 0.6 is 0 Å². The van der Waals surface area contributed by atoms with Crippen LogP contribution in [0.2, 0.25) is 0 Å². The van der Waals surface area contributed by atoms with Crippen LogP contribution in [0.5, 0.6) is 11.5 Å². The summed E-state index contributed by atoms with van der Waals surface area (Å²) in [7, 11) is -3.48. The number of aromatic amines is 1. The Labute approximate surface area is 238 Å². The van der Waals surface area contributed by atoms with Crippen molar-refractivity contribution in [2.75, 3.05) is 6.26 Å². The predicted octanol–water partition coefficient (Wildman–Crippen LogP) is 7.23. The molecule has 0 fully saturated rings. The zero-order chi connectivity index (χ0) is 29.0. The molecule has 5 rings (SSSR count). The van der Waals surface area contributed by atoms with Crippen molar-refractivity contribution in [3.05, 3.63) is 126 Å². The number of carboxylic acid groups (broad SMARTS) is 1. The van der Waals surface area contributed by atoms with Crippen molar-refractivity contribution in [1.82, 2.24) is 10.2 Å². The Kier molecular flexibility index (Phi) is 7.85. The maximum Gasteiger partial charge on any atom is 0.328 e. The molecule has 206 valence electrons. The number of benzene rings is 4. The highest BCUT2D eigenvalue weighted by Crippen LogP contribution is 2.37. The van der Waals surface area contributed by atoms with Crippen LogP contribution in [-0.4, -0.2) is 35.9 Å². The van der Waals surface area contributed by atoms with E-state index in [0.717, 1.165) is 56.6 Å². The molecule has 2 N–H and O–H groups in total. The van der Waals surface area contributed by atoms with Gasteiger partial charge in [-0.25, -0.2) is 13.2 Å². The molecule has 0 radical (unpaired) electrons. The van der Waals surface area contributed by atoms with E-state index in [9.17, 15) is 13.2 Å². The zero-order valence-corrected chi connectivity index (χ0v) is 23.4. The number of fused-ring (bicyclic) bond motifs is 1. The third-order valence-corrected chi connectivity index (χ3v) is 7.80. The minimum atomic E-state index is -3.48. The predicted molar refractivity (Wildman–Crippen MR) is 161 cm³/mol. The Balaban J connectivity index is 1.64. The van der Waals surface area contributed by atoms with Gasteiger partial charge in [0.05, 0.1) is 11.7 Å². The highest BCUT2D eigenvalue weighted by Gasteiger charge is 2.17. The summed E-state index contributed by atoms with van der Waals surface area (Å²) in [6.07, 6.45) is 6.32. The molecule has 0 saturated heterocycles. The van der Waals surface area contributed by atoms with Gasteiger partial charge in [-0.05, 0) is 82.3 Å². The first-order valence-electron chi connectivity index (χ1n) is 13.0. The van der Waals surface area contributed by atoms with E-state index in [-0.39, 0.29) is 10.6 Å². The number of ether oxygens (including phenoxy) is 1. The van der Waals surface area contributed by atoms with Crippen molar-refractivity contribution in [3.8, 4) is 11.5 Å². The van der Waals surface area contributed by atoms with Gasteiger partial charge in [0.1, 0.15) is 16.4 Å². The zero-order valence-electron chi connectivity index (χ0n) is 22.5. The normalized spacial score (nSPS) is 12.4. The Morgan fingerprint density at radius 2 is 1.68 bits per heavy atom. The summed E-state index contributed by atoms with van der Waals surface area (Å²) < 4.78 is 30.7. The second kappa shape index (κ2) is 11.7. The average Bonchev–Trinajstić information content (AvgIpc) is 3.43. The summed E-state index contributed by atoms with van der Waals surface area (Å²) in [6.45, 7) is 2.09. The Hall–Kier alpha value is -4.95. The average molecular weight is 565 g/mol. The van der Waals surface area contributed by atoms with Crippen molar-refractivity contribution in [1.29, 1.82) is 0 Å². The molecular formula is C33H28N2O5S. The third kappa shape index (κ3) is 6.28. The van der Waals surface area contributed by atoms with Crippen LogP contribution in [0.1, 0.15) is 35.6 Å². The Morgan fingerprint density at radius 1 is 0.927 bits per heavy atom. The fraction of sp³-hybridized carbons (Fsp3) is 0.0909. The molecule has 4 aromatic carbocycles. The molecule has 0 aliphatic rings. The maximum absolute atomic E-state index is 12.3. The summed E-state index contributed by atoms with van der Waals surface area (Å²) in [5.41, 5.74) is 6.67. The molecule has 0 amide bonds. The van der Waals surface area contributed by atoms with Crippen LogP contribution in [0.15, 0.2) is 108 Å². The van der Waals surface area contributed by atoms with E-state index in [4.69, 9.17) is 9.84 Å². The van der Waals surface area contributed by atoms with Gasteiger partial charge in [0.25, 0.3) is 0 Å². The number of aromatic nitrogens is 2. The van der Waals surface area contributed by atoms with E-state index < -0.39 is 15.8 Å². The lowest BCUT2D eigenvalue weighted by molar-refractivity contribution is -0.131. The topological polar surface area (TPSA) is 109 Å². The molecule has 5 aromatic rings. The monoisotopic (exact) mass is 564 g/mol. The van der Waals surface area contributed by atoms with Crippen LogP contribution < -0.4 is 4.74 Å². The first-order valence-corrected chi connectivity index (χ1v) is 14.9. The van der Waals surface area contributed by atoms with E-state index in [1.54, 1.807) is 36.5 Å². The summed E-state index contributed by atoms with van der Waals surface area (Å²) in [5, 5.41) is 17.1. The summed E-state index contributed by atoms with van der Waals surface area (Å²) in [4.78, 5) is 11.1. The number of H-pyrrole nitrogens is 1. The molecule has 41 heavy (non-hydrogen) atoms. The number of carboxylic acids is 1. The van der Waals surface area contributed by atoms with E-state index in [2.05, 4.69) is 23.2 Å². The molecule has 0 atom stereocenters. The number of nitrogens with zero attached hydrogens (tertiary/aromatic N) is 1. The van der Waals surface area contributed by atoms with Crippen molar-refractivity contribution in [2.45, 2.75) is 18.2 Å². The fourth-order valence-corrected chi connectivity index (χ4v) is 5.58. The molecule has 8 heteroatoms. The summed E-state index contributed by atoms with van der Waals surface area (Å²) in [6, 6.07) is 28.1. The minimum Gasteiger partial charge on any atom is -0.478 e. The first-order chi connectivity index (χ1) is 19.7. The number of sulfone groups is 1. The highest BCUT2D eigenvalue weighted by atomic mass is 32.2. The smallest absolute Gasteiger partial charge is 0.328 e. The van der Waals surface area contributed by atoms with Crippen molar-refractivity contribution < 1.29 is 23.1 Å². The van der Waals surface area contributed by atoms with Crippen molar-refractivity contribution in [2.24, 2.45) is 0 Å². The Bertz CT molecular complexity index is 1900. The second-order valence-corrected chi connectivity index (χ2v) is 11.5.